The minimum absolute atomic E-state index is 0.0239. The van der Waals surface area contributed by atoms with Gasteiger partial charge in [0.2, 0.25) is 0 Å². The third-order valence-electron chi connectivity index (χ3n) is 3.42. The van der Waals surface area contributed by atoms with Crippen molar-refractivity contribution in [2.45, 2.75) is 58.5 Å². The lowest BCUT2D eigenvalue weighted by molar-refractivity contribution is 0.0567. The largest absolute Gasteiger partial charge is 0.325 e. The average molecular weight is 198 g/mol. The van der Waals surface area contributed by atoms with Gasteiger partial charge in [0.05, 0.1) is 0 Å². The molecule has 1 unspecified atom stereocenters. The molecule has 1 aliphatic heterocycles. The van der Waals surface area contributed by atoms with Gasteiger partial charge in [-0.25, -0.2) is 0 Å². The molecule has 1 aliphatic rings. The molecule has 1 fully saturated rings. The van der Waals surface area contributed by atoms with E-state index in [2.05, 4.69) is 39.5 Å². The fourth-order valence-electron chi connectivity index (χ4n) is 2.19. The second-order valence-electron chi connectivity index (χ2n) is 6.28. The Hall–Kier alpha value is -0.0800. The van der Waals surface area contributed by atoms with Gasteiger partial charge in [0.25, 0.3) is 0 Å². The minimum atomic E-state index is -0.0239. The molecule has 84 valence electrons. The van der Waals surface area contributed by atoms with E-state index in [0.717, 1.165) is 6.54 Å². The fraction of sp³-hybridized carbons (Fsp3) is 1.00. The van der Waals surface area contributed by atoms with Crippen molar-refractivity contribution in [2.75, 3.05) is 13.1 Å². The molecule has 0 aromatic carbocycles. The van der Waals surface area contributed by atoms with Crippen LogP contribution in [-0.4, -0.2) is 29.1 Å². The van der Waals surface area contributed by atoms with Gasteiger partial charge >= 0.3 is 0 Å². The lowest BCUT2D eigenvalue weighted by Gasteiger charge is -2.45. The summed E-state index contributed by atoms with van der Waals surface area (Å²) < 4.78 is 0. The van der Waals surface area contributed by atoms with Crippen molar-refractivity contribution < 1.29 is 0 Å². The van der Waals surface area contributed by atoms with Crippen molar-refractivity contribution >= 4 is 0 Å². The molecule has 1 saturated heterocycles. The number of likely N-dealkylation sites (tertiary alicyclic amines) is 1. The Labute approximate surface area is 88.8 Å². The van der Waals surface area contributed by atoms with Crippen LogP contribution in [0.4, 0.5) is 0 Å². The summed E-state index contributed by atoms with van der Waals surface area (Å²) in [7, 11) is 0. The smallest absolute Gasteiger partial charge is 0.0138 e. The van der Waals surface area contributed by atoms with Crippen LogP contribution in [-0.2, 0) is 0 Å². The van der Waals surface area contributed by atoms with Gasteiger partial charge in [-0.3, -0.25) is 4.90 Å². The van der Waals surface area contributed by atoms with Crippen molar-refractivity contribution in [3.63, 3.8) is 0 Å². The Morgan fingerprint density at radius 2 is 1.71 bits per heavy atom. The van der Waals surface area contributed by atoms with E-state index >= 15 is 0 Å². The maximum atomic E-state index is 6.19. The molecule has 1 heterocycles. The van der Waals surface area contributed by atoms with Crippen LogP contribution in [0, 0.1) is 5.92 Å². The third kappa shape index (κ3) is 2.96. The molecule has 0 saturated carbocycles. The molecular formula is C12H26N2. The highest BCUT2D eigenvalue weighted by molar-refractivity contribution is 4.90. The highest BCUT2D eigenvalue weighted by Crippen LogP contribution is 2.28. The molecule has 0 aliphatic carbocycles. The van der Waals surface area contributed by atoms with Crippen LogP contribution in [0.3, 0.4) is 0 Å². The van der Waals surface area contributed by atoms with Crippen molar-refractivity contribution in [1.29, 1.82) is 0 Å². The SMILES string of the molecule is CC(C)(N)C1CCCN(C(C)(C)C)C1. The van der Waals surface area contributed by atoms with Gasteiger partial charge < -0.3 is 5.73 Å². The summed E-state index contributed by atoms with van der Waals surface area (Å²) in [6.45, 7) is 13.6. The lowest BCUT2D eigenvalue weighted by Crippen LogP contribution is -2.54. The van der Waals surface area contributed by atoms with Crippen LogP contribution in [0.25, 0.3) is 0 Å². The van der Waals surface area contributed by atoms with Crippen molar-refractivity contribution in [2.24, 2.45) is 11.7 Å². The summed E-state index contributed by atoms with van der Waals surface area (Å²) in [5, 5.41) is 0. The first kappa shape index (κ1) is 12.0. The van der Waals surface area contributed by atoms with Crippen LogP contribution in [0.15, 0.2) is 0 Å². The van der Waals surface area contributed by atoms with Crippen LogP contribution < -0.4 is 5.73 Å². The molecule has 0 radical (unpaired) electrons. The van der Waals surface area contributed by atoms with E-state index in [4.69, 9.17) is 5.73 Å². The van der Waals surface area contributed by atoms with Gasteiger partial charge in [0.1, 0.15) is 0 Å². The fourth-order valence-corrected chi connectivity index (χ4v) is 2.19. The van der Waals surface area contributed by atoms with E-state index in [0.29, 0.717) is 11.5 Å². The molecular weight excluding hydrogens is 172 g/mol. The zero-order valence-electron chi connectivity index (χ0n) is 10.4. The second kappa shape index (κ2) is 3.82. The molecule has 2 N–H and O–H groups in total. The first-order valence-electron chi connectivity index (χ1n) is 5.75. The van der Waals surface area contributed by atoms with E-state index in [1.165, 1.54) is 19.4 Å². The molecule has 0 bridgehead atoms. The van der Waals surface area contributed by atoms with Crippen LogP contribution in [0.2, 0.25) is 0 Å². The number of nitrogens with zero attached hydrogens (tertiary/aromatic N) is 1. The average Bonchev–Trinajstić information content (AvgIpc) is 2.01. The van der Waals surface area contributed by atoms with Gasteiger partial charge in [-0.2, -0.15) is 0 Å². The molecule has 2 nitrogen and oxygen atoms in total. The van der Waals surface area contributed by atoms with Crippen molar-refractivity contribution in [3.8, 4) is 0 Å². The van der Waals surface area contributed by atoms with E-state index in [1.807, 2.05) is 0 Å². The Morgan fingerprint density at radius 3 is 2.14 bits per heavy atom. The normalized spacial score (nSPS) is 26.6. The minimum Gasteiger partial charge on any atom is -0.325 e. The molecule has 1 atom stereocenters. The molecule has 0 aromatic heterocycles. The molecule has 0 spiro atoms. The predicted molar refractivity (Wildman–Crippen MR) is 62.3 cm³/mol. The zero-order valence-corrected chi connectivity index (χ0v) is 10.4. The first-order chi connectivity index (χ1) is 6.21. The number of piperidine rings is 1. The van der Waals surface area contributed by atoms with Gasteiger partial charge in [0, 0.05) is 17.6 Å². The van der Waals surface area contributed by atoms with Gasteiger partial charge in [-0.1, -0.05) is 0 Å². The van der Waals surface area contributed by atoms with Crippen molar-refractivity contribution in [1.82, 2.24) is 4.90 Å². The molecule has 14 heavy (non-hydrogen) atoms. The quantitative estimate of drug-likeness (QED) is 0.700. The van der Waals surface area contributed by atoms with E-state index < -0.39 is 0 Å². The Kier molecular flexibility index (Phi) is 3.27. The van der Waals surface area contributed by atoms with E-state index in [9.17, 15) is 0 Å². The summed E-state index contributed by atoms with van der Waals surface area (Å²) in [5.41, 5.74) is 6.46. The highest BCUT2D eigenvalue weighted by Gasteiger charge is 2.33. The van der Waals surface area contributed by atoms with Gasteiger partial charge in [-0.15, -0.1) is 0 Å². The van der Waals surface area contributed by atoms with Crippen LogP contribution in [0.5, 0.6) is 0 Å². The van der Waals surface area contributed by atoms with E-state index in [1.54, 1.807) is 0 Å². The Morgan fingerprint density at radius 1 is 1.14 bits per heavy atom. The zero-order chi connectivity index (χ0) is 11.0. The summed E-state index contributed by atoms with van der Waals surface area (Å²) in [5.74, 6) is 0.649. The summed E-state index contributed by atoms with van der Waals surface area (Å²) in [4.78, 5) is 2.57. The molecule has 2 heteroatoms. The second-order valence-corrected chi connectivity index (χ2v) is 6.28. The Bertz CT molecular complexity index is 165. The van der Waals surface area contributed by atoms with Crippen molar-refractivity contribution in [3.05, 3.63) is 0 Å². The number of nitrogens with two attached hydrogens (primary N) is 1. The van der Waals surface area contributed by atoms with Gasteiger partial charge in [0.15, 0.2) is 0 Å². The third-order valence-corrected chi connectivity index (χ3v) is 3.42. The number of hydrogen-bond acceptors (Lipinski definition) is 2. The van der Waals surface area contributed by atoms with E-state index in [-0.39, 0.29) is 5.54 Å². The highest BCUT2D eigenvalue weighted by atomic mass is 15.2. The topological polar surface area (TPSA) is 29.3 Å². The van der Waals surface area contributed by atoms with Gasteiger partial charge in [-0.05, 0) is 59.9 Å². The predicted octanol–water partition coefficient (Wildman–Crippen LogP) is 2.23. The number of rotatable bonds is 1. The summed E-state index contributed by atoms with van der Waals surface area (Å²) in [6, 6.07) is 0. The first-order valence-corrected chi connectivity index (χ1v) is 5.75. The number of hydrogen-bond donors (Lipinski definition) is 1. The summed E-state index contributed by atoms with van der Waals surface area (Å²) in [6.07, 6.45) is 2.58. The van der Waals surface area contributed by atoms with Crippen LogP contribution in [0.1, 0.15) is 47.5 Å². The molecule has 0 amide bonds. The molecule has 0 aromatic rings. The lowest BCUT2D eigenvalue weighted by atomic mass is 9.81. The molecule has 1 rings (SSSR count). The maximum absolute atomic E-state index is 6.19. The maximum Gasteiger partial charge on any atom is 0.0138 e. The Balaban J connectivity index is 2.61. The monoisotopic (exact) mass is 198 g/mol. The standard InChI is InChI=1S/C12H26N2/c1-11(2,3)14-8-6-7-10(9-14)12(4,5)13/h10H,6-9,13H2,1-5H3. The summed E-state index contributed by atoms with van der Waals surface area (Å²) >= 11 is 0. The van der Waals surface area contributed by atoms with Crippen LogP contribution >= 0.6 is 0 Å².